The largest absolute Gasteiger partial charge is 0.493 e. The topological polar surface area (TPSA) is 65.0 Å². The molecule has 0 aliphatic carbocycles. The van der Waals surface area contributed by atoms with Gasteiger partial charge in [0, 0.05) is 30.8 Å². The third kappa shape index (κ3) is 5.40. The molecule has 0 atom stereocenters. The van der Waals surface area contributed by atoms with Crippen molar-refractivity contribution in [3.8, 4) is 5.75 Å². The zero-order chi connectivity index (χ0) is 20.9. The molecule has 0 spiro atoms. The van der Waals surface area contributed by atoms with E-state index in [-0.39, 0.29) is 5.91 Å². The highest BCUT2D eigenvalue weighted by Crippen LogP contribution is 2.25. The Labute approximate surface area is 179 Å². The number of piperazine rings is 1. The van der Waals surface area contributed by atoms with Crippen LogP contribution < -0.4 is 19.9 Å². The molecule has 162 valence electrons. The zero-order valence-electron chi connectivity index (χ0n) is 18.3. The van der Waals surface area contributed by atoms with Gasteiger partial charge in [0.15, 0.2) is 6.54 Å². The summed E-state index contributed by atoms with van der Waals surface area (Å²) in [4.78, 5) is 15.3. The Bertz CT molecular complexity index is 870. The highest BCUT2D eigenvalue weighted by molar-refractivity contribution is 5.76. The average molecular weight is 414 g/mol. The Morgan fingerprint density at radius 2 is 1.97 bits per heavy atom. The van der Waals surface area contributed by atoms with Gasteiger partial charge in [-0.25, -0.2) is 0 Å². The number of hydrogen-bond donors (Lipinski definition) is 3. The summed E-state index contributed by atoms with van der Waals surface area (Å²) in [5.41, 5.74) is 4.98. The molecule has 7 nitrogen and oxygen atoms in total. The third-order valence-corrected chi connectivity index (χ3v) is 6.25. The number of carbonyl (C=O) groups is 1. The molecule has 3 heterocycles. The summed E-state index contributed by atoms with van der Waals surface area (Å²) < 4.78 is 7.62. The Kier molecular flexibility index (Phi) is 6.69. The van der Waals surface area contributed by atoms with Gasteiger partial charge in [-0.05, 0) is 50.1 Å². The van der Waals surface area contributed by atoms with Crippen molar-refractivity contribution >= 4 is 5.91 Å². The second kappa shape index (κ2) is 9.62. The lowest BCUT2D eigenvalue weighted by Gasteiger charge is -2.29. The molecule has 0 bridgehead atoms. The van der Waals surface area contributed by atoms with Gasteiger partial charge in [-0.3, -0.25) is 9.48 Å². The molecule has 1 fully saturated rings. The molecule has 30 heavy (non-hydrogen) atoms. The van der Waals surface area contributed by atoms with Gasteiger partial charge in [-0.1, -0.05) is 0 Å². The van der Waals surface area contributed by atoms with Gasteiger partial charge in [-0.2, -0.15) is 5.10 Å². The standard InChI is InChI=1S/C23H33N5O2/c1-18-14-19(2)28(25-18)8-3-7-24-23(29)17-27-11-9-26(10-12-27)16-20-4-5-22-21(15-20)6-13-30-22/h4-5,14-15H,3,6-13,16-17H2,1-2H3,(H,24,29)/p+2. The number of amides is 1. The number of ether oxygens (including phenoxy) is 1. The molecule has 1 amide bonds. The number of benzene rings is 1. The van der Waals surface area contributed by atoms with Crippen LogP contribution in [0.15, 0.2) is 24.3 Å². The maximum Gasteiger partial charge on any atom is 0.275 e. The van der Waals surface area contributed by atoms with Crippen LogP contribution in [0.4, 0.5) is 0 Å². The minimum atomic E-state index is 0.167. The van der Waals surface area contributed by atoms with Gasteiger partial charge < -0.3 is 19.9 Å². The average Bonchev–Trinajstić information content (AvgIpc) is 3.32. The summed E-state index contributed by atoms with van der Waals surface area (Å²) in [6.07, 6.45) is 1.94. The van der Waals surface area contributed by atoms with Gasteiger partial charge in [0.1, 0.15) is 38.5 Å². The number of rotatable bonds is 8. The normalized spacial score (nSPS) is 20.6. The molecule has 0 saturated carbocycles. The quantitative estimate of drug-likeness (QED) is 0.483. The lowest BCUT2D eigenvalue weighted by Crippen LogP contribution is -3.28. The van der Waals surface area contributed by atoms with E-state index in [2.05, 4.69) is 41.6 Å². The fourth-order valence-corrected chi connectivity index (χ4v) is 4.60. The van der Waals surface area contributed by atoms with Gasteiger partial charge >= 0.3 is 0 Å². The second-order valence-corrected chi connectivity index (χ2v) is 8.75. The summed E-state index contributed by atoms with van der Waals surface area (Å²) in [7, 11) is 0. The molecule has 1 saturated heterocycles. The fraction of sp³-hybridized carbons (Fsp3) is 0.565. The fourth-order valence-electron chi connectivity index (χ4n) is 4.60. The van der Waals surface area contributed by atoms with Crippen LogP contribution in [0.2, 0.25) is 0 Å². The summed E-state index contributed by atoms with van der Waals surface area (Å²) in [6.45, 7) is 12.5. The number of hydrogen-bond acceptors (Lipinski definition) is 3. The van der Waals surface area contributed by atoms with Crippen LogP contribution in [0.1, 0.15) is 28.9 Å². The van der Waals surface area contributed by atoms with Crippen LogP contribution >= 0.6 is 0 Å². The van der Waals surface area contributed by atoms with Crippen molar-refractivity contribution in [2.24, 2.45) is 0 Å². The van der Waals surface area contributed by atoms with E-state index in [0.29, 0.717) is 13.1 Å². The minimum Gasteiger partial charge on any atom is -0.493 e. The molecule has 4 rings (SSSR count). The summed E-state index contributed by atoms with van der Waals surface area (Å²) in [5.74, 6) is 1.23. The van der Waals surface area contributed by atoms with Crippen molar-refractivity contribution in [1.29, 1.82) is 0 Å². The Balaban J connectivity index is 1.12. The van der Waals surface area contributed by atoms with Crippen LogP contribution in [0.25, 0.3) is 0 Å². The van der Waals surface area contributed by atoms with Crippen molar-refractivity contribution in [3.05, 3.63) is 46.8 Å². The van der Waals surface area contributed by atoms with Crippen LogP contribution in [-0.2, 0) is 24.3 Å². The molecule has 0 radical (unpaired) electrons. The highest BCUT2D eigenvalue weighted by Gasteiger charge is 2.25. The summed E-state index contributed by atoms with van der Waals surface area (Å²) in [6, 6.07) is 8.73. The molecular formula is C23H35N5O2+2. The first-order chi connectivity index (χ1) is 14.6. The van der Waals surface area contributed by atoms with Gasteiger partial charge in [-0.15, -0.1) is 0 Å². The summed E-state index contributed by atoms with van der Waals surface area (Å²) in [5, 5.41) is 7.55. The highest BCUT2D eigenvalue weighted by atomic mass is 16.5. The predicted octanol–water partition coefficient (Wildman–Crippen LogP) is -1.08. The van der Waals surface area contributed by atoms with E-state index < -0.39 is 0 Å². The SMILES string of the molecule is Cc1cc(C)n(CCCNC(=O)C[NH+]2CC[NH+](Cc3ccc4c(c3)CCO4)CC2)n1. The number of carbonyl (C=O) groups excluding carboxylic acids is 1. The van der Waals surface area contributed by atoms with Crippen LogP contribution in [0, 0.1) is 13.8 Å². The number of quaternary nitrogens is 2. The minimum absolute atomic E-state index is 0.167. The maximum atomic E-state index is 12.3. The zero-order valence-corrected chi connectivity index (χ0v) is 18.3. The molecule has 2 aliphatic rings. The first-order valence-electron chi connectivity index (χ1n) is 11.3. The van der Waals surface area contributed by atoms with E-state index in [1.54, 1.807) is 4.90 Å². The summed E-state index contributed by atoms with van der Waals surface area (Å²) >= 11 is 0. The lowest BCUT2D eigenvalue weighted by atomic mass is 10.1. The van der Waals surface area contributed by atoms with E-state index in [9.17, 15) is 4.79 Å². The predicted molar refractivity (Wildman–Crippen MR) is 115 cm³/mol. The second-order valence-electron chi connectivity index (χ2n) is 8.75. The van der Waals surface area contributed by atoms with Crippen molar-refractivity contribution < 1.29 is 19.3 Å². The van der Waals surface area contributed by atoms with Gasteiger partial charge in [0.25, 0.3) is 5.91 Å². The monoisotopic (exact) mass is 413 g/mol. The number of fused-ring (bicyclic) bond motifs is 1. The van der Waals surface area contributed by atoms with E-state index in [1.807, 2.05) is 11.6 Å². The van der Waals surface area contributed by atoms with Crippen LogP contribution in [0.5, 0.6) is 5.75 Å². The number of aryl methyl sites for hydroxylation is 3. The molecule has 2 aromatic rings. The van der Waals surface area contributed by atoms with Crippen molar-refractivity contribution in [1.82, 2.24) is 15.1 Å². The van der Waals surface area contributed by atoms with E-state index in [4.69, 9.17) is 4.74 Å². The molecular weight excluding hydrogens is 378 g/mol. The number of aromatic nitrogens is 2. The van der Waals surface area contributed by atoms with Gasteiger partial charge in [0.2, 0.25) is 0 Å². The lowest BCUT2D eigenvalue weighted by molar-refractivity contribution is -1.02. The van der Waals surface area contributed by atoms with Crippen LogP contribution in [0.3, 0.4) is 0 Å². The van der Waals surface area contributed by atoms with E-state index >= 15 is 0 Å². The van der Waals surface area contributed by atoms with Gasteiger partial charge in [0.05, 0.1) is 12.3 Å². The van der Waals surface area contributed by atoms with Crippen LogP contribution in [-0.4, -0.2) is 61.6 Å². The Morgan fingerprint density at radius 1 is 1.17 bits per heavy atom. The molecule has 3 N–H and O–H groups in total. The van der Waals surface area contributed by atoms with E-state index in [1.165, 1.54) is 21.7 Å². The molecule has 2 aliphatic heterocycles. The van der Waals surface area contributed by atoms with Crippen molar-refractivity contribution in [3.63, 3.8) is 0 Å². The van der Waals surface area contributed by atoms with Crippen molar-refractivity contribution in [2.75, 3.05) is 45.9 Å². The first kappa shape index (κ1) is 20.9. The molecule has 7 heteroatoms. The Morgan fingerprint density at radius 3 is 2.73 bits per heavy atom. The number of nitrogens with zero attached hydrogens (tertiary/aromatic N) is 2. The Hall–Kier alpha value is -2.38. The number of nitrogens with one attached hydrogen (secondary N) is 3. The molecule has 0 unspecified atom stereocenters. The third-order valence-electron chi connectivity index (χ3n) is 6.25. The van der Waals surface area contributed by atoms with Crippen molar-refractivity contribution in [2.45, 2.75) is 39.8 Å². The first-order valence-corrected chi connectivity index (χ1v) is 11.3. The molecule has 1 aromatic carbocycles. The van der Waals surface area contributed by atoms with E-state index in [0.717, 1.165) is 70.2 Å². The maximum absolute atomic E-state index is 12.3. The molecule has 1 aromatic heterocycles. The smallest absolute Gasteiger partial charge is 0.275 e.